The molecule has 2 aromatic heterocycles. The van der Waals surface area contributed by atoms with Crippen LogP contribution in [0.4, 0.5) is 17.6 Å². The molecule has 0 spiro atoms. The average molecular weight is 495 g/mol. The molecule has 3 aromatic rings. The van der Waals surface area contributed by atoms with Gasteiger partial charge < -0.3 is 15.8 Å². The van der Waals surface area contributed by atoms with E-state index in [9.17, 15) is 31.9 Å². The molecule has 4 rings (SSSR count). The number of ether oxygens (including phenoxy) is 1. The Kier molecular flexibility index (Phi) is 7.79. The molecule has 0 radical (unpaired) electrons. The summed E-state index contributed by atoms with van der Waals surface area (Å²) >= 11 is 0. The van der Waals surface area contributed by atoms with Crippen molar-refractivity contribution in [2.45, 2.75) is 32.5 Å². The highest BCUT2D eigenvalue weighted by Gasteiger charge is 2.25. The van der Waals surface area contributed by atoms with Crippen LogP contribution in [0.5, 0.6) is 5.75 Å². The summed E-state index contributed by atoms with van der Waals surface area (Å²) in [5.74, 6) is -1.01. The summed E-state index contributed by atoms with van der Waals surface area (Å²) in [4.78, 5) is 39.8. The number of halogens is 4. The van der Waals surface area contributed by atoms with Gasteiger partial charge in [-0.25, -0.2) is 13.9 Å². The van der Waals surface area contributed by atoms with Crippen molar-refractivity contribution < 1.29 is 36.7 Å². The number of rotatable bonds is 5. The highest BCUT2D eigenvalue weighted by Crippen LogP contribution is 2.24. The van der Waals surface area contributed by atoms with Crippen molar-refractivity contribution in [2.75, 3.05) is 13.2 Å². The van der Waals surface area contributed by atoms with Crippen molar-refractivity contribution in [1.29, 1.82) is 0 Å². The number of carbonyl (C=O) groups excluding carboxylic acids is 3. The predicted octanol–water partition coefficient (Wildman–Crippen LogP) is 2.40. The molecule has 0 saturated carbocycles. The Morgan fingerprint density at radius 2 is 2.00 bits per heavy atom. The summed E-state index contributed by atoms with van der Waals surface area (Å²) in [7, 11) is 0. The van der Waals surface area contributed by atoms with Gasteiger partial charge in [-0.05, 0) is 23.8 Å². The fourth-order valence-electron chi connectivity index (χ4n) is 3.18. The molecular weight excluding hydrogens is 474 g/mol. The van der Waals surface area contributed by atoms with Gasteiger partial charge in [-0.1, -0.05) is 6.07 Å². The summed E-state index contributed by atoms with van der Waals surface area (Å²) in [6.07, 6.45) is -3.73. The fraction of sp³-hybridized carbons (Fsp3) is 0.318. The van der Waals surface area contributed by atoms with Crippen LogP contribution in [0.25, 0.3) is 5.65 Å². The number of amides is 1. The highest BCUT2D eigenvalue weighted by molar-refractivity contribution is 5.98. The Labute approximate surface area is 196 Å². The first-order valence-corrected chi connectivity index (χ1v) is 10.3. The van der Waals surface area contributed by atoms with Gasteiger partial charge in [-0.2, -0.15) is 18.3 Å². The summed E-state index contributed by atoms with van der Waals surface area (Å²) in [6, 6.07) is 6.60. The Morgan fingerprint density at radius 3 is 2.63 bits per heavy atom. The second-order valence-electron chi connectivity index (χ2n) is 7.59. The lowest BCUT2D eigenvalue weighted by molar-refractivity contribution is -0.132. The van der Waals surface area contributed by atoms with E-state index >= 15 is 0 Å². The number of nitrogens with zero attached hydrogens (tertiary/aromatic N) is 3. The van der Waals surface area contributed by atoms with E-state index in [4.69, 9.17) is 4.74 Å². The number of hydrogen-bond donors (Lipinski definition) is 2. The maximum atomic E-state index is 13.8. The van der Waals surface area contributed by atoms with Gasteiger partial charge in [-0.3, -0.25) is 14.4 Å². The molecule has 0 atom stereocenters. The minimum absolute atomic E-state index is 0.00853. The third kappa shape index (κ3) is 6.59. The van der Waals surface area contributed by atoms with E-state index in [1.54, 1.807) is 18.2 Å². The van der Waals surface area contributed by atoms with Gasteiger partial charge in [0.05, 0.1) is 12.6 Å². The van der Waals surface area contributed by atoms with Crippen LogP contribution in [0.1, 0.15) is 45.4 Å². The molecule has 1 amide bonds. The van der Waals surface area contributed by atoms with E-state index in [0.29, 0.717) is 5.75 Å². The molecule has 0 aliphatic carbocycles. The normalized spacial score (nSPS) is 12.9. The minimum atomic E-state index is -4.07. The number of aromatic nitrogens is 3. The molecule has 186 valence electrons. The molecule has 35 heavy (non-hydrogen) atoms. The van der Waals surface area contributed by atoms with Crippen molar-refractivity contribution in [3.8, 4) is 5.75 Å². The number of nitrogens with two attached hydrogens (primary N) is 1. The zero-order chi connectivity index (χ0) is 25.8. The third-order valence-electron chi connectivity index (χ3n) is 4.80. The summed E-state index contributed by atoms with van der Waals surface area (Å²) in [5, 5.41) is 6.45. The van der Waals surface area contributed by atoms with Crippen LogP contribution in [0.2, 0.25) is 0 Å². The van der Waals surface area contributed by atoms with Gasteiger partial charge in [-0.15, -0.1) is 0 Å². The minimum Gasteiger partial charge on any atom is -0.486 e. The van der Waals surface area contributed by atoms with E-state index in [1.165, 1.54) is 13.0 Å². The Balaban J connectivity index is 0.000000429. The van der Waals surface area contributed by atoms with Crippen LogP contribution in [0.3, 0.4) is 0 Å². The molecule has 1 aliphatic heterocycles. The molecule has 13 heteroatoms. The number of Topliss-reactive ketones (excluding diaryl/α,β-unsaturated/α-hetero) is 2. The topological polar surface area (TPSA) is 129 Å². The van der Waals surface area contributed by atoms with Gasteiger partial charge >= 0.3 is 6.18 Å². The van der Waals surface area contributed by atoms with E-state index in [-0.39, 0.29) is 54.7 Å². The van der Waals surface area contributed by atoms with Crippen LogP contribution >= 0.6 is 0 Å². The van der Waals surface area contributed by atoms with Crippen molar-refractivity contribution in [3.05, 3.63) is 58.8 Å². The third-order valence-corrected chi connectivity index (χ3v) is 4.80. The number of hydrogen-bond acceptors (Lipinski definition) is 7. The summed E-state index contributed by atoms with van der Waals surface area (Å²) in [6.45, 7) is 1.22. The highest BCUT2D eigenvalue weighted by atomic mass is 19.4. The number of carbonyl (C=O) groups is 3. The lowest BCUT2D eigenvalue weighted by Crippen LogP contribution is -2.25. The maximum Gasteiger partial charge on any atom is 0.390 e. The Morgan fingerprint density at radius 1 is 1.26 bits per heavy atom. The van der Waals surface area contributed by atoms with Crippen LogP contribution in [0.15, 0.2) is 30.5 Å². The Bertz CT molecular complexity index is 1270. The fourth-order valence-corrected chi connectivity index (χ4v) is 3.18. The van der Waals surface area contributed by atoms with Gasteiger partial charge in [0.25, 0.3) is 5.91 Å². The van der Waals surface area contributed by atoms with Gasteiger partial charge in [0.1, 0.15) is 23.7 Å². The zero-order valence-electron chi connectivity index (χ0n) is 18.5. The molecule has 3 N–H and O–H groups in total. The second-order valence-corrected chi connectivity index (χ2v) is 7.59. The summed E-state index contributed by atoms with van der Waals surface area (Å²) in [5.41, 5.74) is 5.91. The smallest absolute Gasteiger partial charge is 0.390 e. The molecule has 0 saturated heterocycles. The quantitative estimate of drug-likeness (QED) is 0.411. The van der Waals surface area contributed by atoms with E-state index < -0.39 is 24.3 Å². The molecule has 1 aromatic carbocycles. The first kappa shape index (κ1) is 25.7. The van der Waals surface area contributed by atoms with Crippen LogP contribution < -0.4 is 15.8 Å². The van der Waals surface area contributed by atoms with Crippen molar-refractivity contribution in [2.24, 2.45) is 5.73 Å². The second kappa shape index (κ2) is 10.6. The van der Waals surface area contributed by atoms with Crippen molar-refractivity contribution in [1.82, 2.24) is 19.9 Å². The van der Waals surface area contributed by atoms with E-state index in [2.05, 4.69) is 21.1 Å². The molecule has 3 heterocycles. The number of ketones is 2. The Hall–Kier alpha value is -3.87. The lowest BCUT2D eigenvalue weighted by atomic mass is 10.0. The van der Waals surface area contributed by atoms with Crippen molar-refractivity contribution >= 4 is 23.1 Å². The first-order chi connectivity index (χ1) is 16.5. The van der Waals surface area contributed by atoms with E-state index in [0.717, 1.165) is 21.8 Å². The first-order valence-electron chi connectivity index (χ1n) is 10.3. The lowest BCUT2D eigenvalue weighted by Gasteiger charge is -2.17. The SMILES string of the molecule is CC(=O)c1cc(C(=O)NCc2ccc3c(c2)CC(=O)CO3)nc2c(F)cnn12.NCCC(F)(F)F. The molecule has 0 bridgehead atoms. The standard InChI is InChI=1S/C19H15FN4O4.C3H6F3N/c1-10(25)16-6-15(23-18-14(20)8-22-24(16)18)19(27)21-7-11-2-3-17-12(4-11)5-13(26)9-28-17;4-3(5,6)1-2-7/h2-4,6,8H,5,7,9H2,1H3,(H,21,27);1-2,7H2. The van der Waals surface area contributed by atoms with Crippen LogP contribution in [0, 0.1) is 5.82 Å². The van der Waals surface area contributed by atoms with Crippen LogP contribution in [-0.4, -0.2) is 51.4 Å². The number of benzene rings is 1. The molecule has 0 fully saturated rings. The molecule has 9 nitrogen and oxygen atoms in total. The van der Waals surface area contributed by atoms with Gasteiger partial charge in [0, 0.05) is 32.0 Å². The molecule has 1 aliphatic rings. The van der Waals surface area contributed by atoms with Gasteiger partial charge in [0.15, 0.2) is 23.0 Å². The van der Waals surface area contributed by atoms with E-state index in [1.807, 2.05) is 0 Å². The van der Waals surface area contributed by atoms with Crippen LogP contribution in [-0.2, 0) is 17.8 Å². The number of fused-ring (bicyclic) bond motifs is 2. The monoisotopic (exact) mass is 495 g/mol. The summed E-state index contributed by atoms with van der Waals surface area (Å²) < 4.78 is 53.2. The number of alkyl halides is 3. The van der Waals surface area contributed by atoms with Crippen molar-refractivity contribution in [3.63, 3.8) is 0 Å². The largest absolute Gasteiger partial charge is 0.486 e. The predicted molar refractivity (Wildman–Crippen MR) is 114 cm³/mol. The van der Waals surface area contributed by atoms with Gasteiger partial charge in [0.2, 0.25) is 0 Å². The maximum absolute atomic E-state index is 13.8. The number of nitrogens with one attached hydrogen (secondary N) is 1. The molecular formula is C22H21F4N5O4. The zero-order valence-corrected chi connectivity index (χ0v) is 18.5. The molecule has 0 unspecified atom stereocenters. The average Bonchev–Trinajstić information content (AvgIpc) is 3.16.